The van der Waals surface area contributed by atoms with Crippen LogP contribution in [0.2, 0.25) is 0 Å². The highest BCUT2D eigenvalue weighted by molar-refractivity contribution is 7.89. The SMILES string of the molecule is CCC(=O)N(C1CCOCC1)C1CCN(S(=O)(=O)c2ccc(F)cc2F)CC1. The molecule has 0 aromatic heterocycles. The Morgan fingerprint density at radius 2 is 1.75 bits per heavy atom. The van der Waals surface area contributed by atoms with E-state index in [9.17, 15) is 22.0 Å². The van der Waals surface area contributed by atoms with Crippen LogP contribution in [-0.4, -0.2) is 61.9 Å². The summed E-state index contributed by atoms with van der Waals surface area (Å²) in [5.74, 6) is -1.84. The van der Waals surface area contributed by atoms with Gasteiger partial charge in [0.2, 0.25) is 15.9 Å². The number of hydrogen-bond acceptors (Lipinski definition) is 4. The molecule has 6 nitrogen and oxygen atoms in total. The molecule has 3 rings (SSSR count). The average molecular weight is 416 g/mol. The minimum absolute atomic E-state index is 0.0416. The average Bonchev–Trinajstić information content (AvgIpc) is 2.69. The third kappa shape index (κ3) is 4.36. The van der Waals surface area contributed by atoms with Crippen molar-refractivity contribution in [3.63, 3.8) is 0 Å². The molecule has 0 saturated carbocycles. The summed E-state index contributed by atoms with van der Waals surface area (Å²) in [5, 5.41) is 0. The molecule has 156 valence electrons. The second-order valence-corrected chi connectivity index (χ2v) is 9.11. The summed E-state index contributed by atoms with van der Waals surface area (Å²) in [5.41, 5.74) is 0. The second-order valence-electron chi connectivity index (χ2n) is 7.21. The standard InChI is InChI=1S/C19H26F2N2O4S/c1-2-19(24)23(16-7-11-27-12-8-16)15-5-9-22(10-6-15)28(25,26)18-4-3-14(20)13-17(18)21/h3-4,13,15-16H,2,5-12H2,1H3. The Bertz CT molecular complexity index is 804. The quantitative estimate of drug-likeness (QED) is 0.740. The summed E-state index contributed by atoms with van der Waals surface area (Å²) in [6, 6.07) is 2.55. The molecule has 0 spiro atoms. The van der Waals surface area contributed by atoms with Crippen LogP contribution in [0, 0.1) is 11.6 Å². The van der Waals surface area contributed by atoms with Gasteiger partial charge in [-0.25, -0.2) is 17.2 Å². The summed E-state index contributed by atoms with van der Waals surface area (Å²) in [7, 11) is -4.04. The molecular formula is C19H26F2N2O4S. The molecule has 0 aliphatic carbocycles. The van der Waals surface area contributed by atoms with E-state index in [1.54, 1.807) is 0 Å². The molecule has 0 bridgehead atoms. The lowest BCUT2D eigenvalue weighted by molar-refractivity contribution is -0.139. The van der Waals surface area contributed by atoms with Crippen LogP contribution in [0.5, 0.6) is 0 Å². The van der Waals surface area contributed by atoms with Crippen LogP contribution in [0.4, 0.5) is 8.78 Å². The maximum Gasteiger partial charge on any atom is 0.245 e. The van der Waals surface area contributed by atoms with Crippen molar-refractivity contribution in [1.29, 1.82) is 0 Å². The maximum atomic E-state index is 14.0. The van der Waals surface area contributed by atoms with E-state index in [0.717, 1.165) is 25.0 Å². The third-order valence-electron chi connectivity index (χ3n) is 5.50. The molecule has 0 atom stereocenters. The molecular weight excluding hydrogens is 390 g/mol. The van der Waals surface area contributed by atoms with Gasteiger partial charge in [0.15, 0.2) is 0 Å². The van der Waals surface area contributed by atoms with Crippen molar-refractivity contribution in [3.8, 4) is 0 Å². The minimum atomic E-state index is -4.04. The molecule has 2 aliphatic heterocycles. The van der Waals surface area contributed by atoms with Gasteiger partial charge >= 0.3 is 0 Å². The van der Waals surface area contributed by atoms with Gasteiger partial charge in [-0.3, -0.25) is 4.79 Å². The zero-order valence-corrected chi connectivity index (χ0v) is 16.8. The first kappa shape index (κ1) is 21.1. The summed E-state index contributed by atoms with van der Waals surface area (Å²) in [6.45, 7) is 3.46. The largest absolute Gasteiger partial charge is 0.381 e. The van der Waals surface area contributed by atoms with Crippen LogP contribution < -0.4 is 0 Å². The van der Waals surface area contributed by atoms with Gasteiger partial charge in [0.1, 0.15) is 16.5 Å². The van der Waals surface area contributed by atoms with Crippen molar-refractivity contribution >= 4 is 15.9 Å². The first-order chi connectivity index (χ1) is 13.3. The molecule has 1 amide bonds. The smallest absolute Gasteiger partial charge is 0.245 e. The molecule has 0 unspecified atom stereocenters. The molecule has 2 aliphatic rings. The van der Waals surface area contributed by atoms with E-state index in [1.165, 1.54) is 4.31 Å². The number of nitrogens with zero attached hydrogens (tertiary/aromatic N) is 2. The van der Waals surface area contributed by atoms with Gasteiger partial charge in [-0.15, -0.1) is 0 Å². The third-order valence-corrected chi connectivity index (χ3v) is 7.44. The van der Waals surface area contributed by atoms with Crippen LogP contribution in [0.25, 0.3) is 0 Å². The fraction of sp³-hybridized carbons (Fsp3) is 0.632. The Morgan fingerprint density at radius 1 is 1.14 bits per heavy atom. The fourth-order valence-electron chi connectivity index (χ4n) is 4.04. The Balaban J connectivity index is 1.72. The van der Waals surface area contributed by atoms with Gasteiger partial charge in [0.05, 0.1) is 0 Å². The lowest BCUT2D eigenvalue weighted by atomic mass is 9.98. The van der Waals surface area contributed by atoms with E-state index in [4.69, 9.17) is 4.74 Å². The summed E-state index contributed by atoms with van der Waals surface area (Å²) in [6.07, 6.45) is 2.95. The first-order valence-corrected chi connectivity index (χ1v) is 11.1. The Morgan fingerprint density at radius 3 is 2.32 bits per heavy atom. The molecule has 1 aromatic carbocycles. The molecule has 9 heteroatoms. The molecule has 0 radical (unpaired) electrons. The van der Waals surface area contributed by atoms with Crippen LogP contribution in [0.3, 0.4) is 0 Å². The van der Waals surface area contributed by atoms with Crippen LogP contribution in [0.15, 0.2) is 23.1 Å². The highest BCUT2D eigenvalue weighted by atomic mass is 32.2. The summed E-state index contributed by atoms with van der Waals surface area (Å²) in [4.78, 5) is 14.0. The molecule has 2 heterocycles. The number of piperidine rings is 1. The van der Waals surface area contributed by atoms with Crippen molar-refractivity contribution in [1.82, 2.24) is 9.21 Å². The second kappa shape index (κ2) is 8.84. The van der Waals surface area contributed by atoms with Gasteiger partial charge in [0, 0.05) is 50.9 Å². The number of hydrogen-bond donors (Lipinski definition) is 0. The van der Waals surface area contributed by atoms with Gasteiger partial charge in [-0.2, -0.15) is 4.31 Å². The molecule has 2 fully saturated rings. The van der Waals surface area contributed by atoms with E-state index in [-0.39, 0.29) is 31.1 Å². The Hall–Kier alpha value is -1.58. The first-order valence-electron chi connectivity index (χ1n) is 9.68. The van der Waals surface area contributed by atoms with Crippen molar-refractivity contribution in [3.05, 3.63) is 29.8 Å². The Kier molecular flexibility index (Phi) is 6.67. The Labute approximate surface area is 164 Å². The predicted octanol–water partition coefficient (Wildman–Crippen LogP) is 2.54. The molecule has 2 saturated heterocycles. The normalized spacial score (nSPS) is 20.2. The van der Waals surface area contributed by atoms with Crippen molar-refractivity contribution in [2.45, 2.75) is 56.0 Å². The van der Waals surface area contributed by atoms with E-state index >= 15 is 0 Å². The zero-order chi connectivity index (χ0) is 20.3. The molecule has 0 N–H and O–H groups in total. The number of halogens is 2. The number of rotatable bonds is 5. The number of carbonyl (C=O) groups excluding carboxylic acids is 1. The summed E-state index contributed by atoms with van der Waals surface area (Å²) < 4.78 is 59.2. The number of carbonyl (C=O) groups is 1. The van der Waals surface area contributed by atoms with Gasteiger partial charge < -0.3 is 9.64 Å². The fourth-order valence-corrected chi connectivity index (χ4v) is 5.55. The number of benzene rings is 1. The maximum absolute atomic E-state index is 14.0. The zero-order valence-electron chi connectivity index (χ0n) is 15.9. The van der Waals surface area contributed by atoms with E-state index in [0.29, 0.717) is 38.5 Å². The van der Waals surface area contributed by atoms with E-state index in [1.807, 2.05) is 11.8 Å². The van der Waals surface area contributed by atoms with Crippen LogP contribution in [0.1, 0.15) is 39.0 Å². The number of sulfonamides is 1. The lowest BCUT2D eigenvalue weighted by Crippen LogP contribution is -2.53. The van der Waals surface area contributed by atoms with Crippen molar-refractivity contribution in [2.24, 2.45) is 0 Å². The van der Waals surface area contributed by atoms with Gasteiger partial charge in [-0.05, 0) is 37.8 Å². The van der Waals surface area contributed by atoms with Crippen LogP contribution >= 0.6 is 0 Å². The van der Waals surface area contributed by atoms with Crippen molar-refractivity contribution in [2.75, 3.05) is 26.3 Å². The minimum Gasteiger partial charge on any atom is -0.381 e. The highest BCUT2D eigenvalue weighted by Crippen LogP contribution is 2.28. The molecule has 1 aromatic rings. The van der Waals surface area contributed by atoms with Gasteiger partial charge in [-0.1, -0.05) is 6.92 Å². The monoisotopic (exact) mass is 416 g/mol. The number of ether oxygens (including phenoxy) is 1. The highest BCUT2D eigenvalue weighted by Gasteiger charge is 2.37. The van der Waals surface area contributed by atoms with Crippen molar-refractivity contribution < 1.29 is 26.7 Å². The summed E-state index contributed by atoms with van der Waals surface area (Å²) >= 11 is 0. The van der Waals surface area contributed by atoms with Gasteiger partial charge in [0.25, 0.3) is 0 Å². The van der Waals surface area contributed by atoms with Crippen LogP contribution in [-0.2, 0) is 19.6 Å². The van der Waals surface area contributed by atoms with E-state index < -0.39 is 26.6 Å². The topological polar surface area (TPSA) is 66.9 Å². The van der Waals surface area contributed by atoms with E-state index in [2.05, 4.69) is 0 Å². The molecule has 28 heavy (non-hydrogen) atoms. The predicted molar refractivity (Wildman–Crippen MR) is 99.1 cm³/mol. The lowest BCUT2D eigenvalue weighted by Gasteiger charge is -2.43. The number of amides is 1.